The van der Waals surface area contributed by atoms with Crippen molar-refractivity contribution in [3.8, 4) is 0 Å². The number of hydrogen-bond acceptors (Lipinski definition) is 4. The Morgan fingerprint density at radius 1 is 1.14 bits per heavy atom. The van der Waals surface area contributed by atoms with Crippen LogP contribution >= 0.6 is 0 Å². The van der Waals surface area contributed by atoms with Gasteiger partial charge in [-0.25, -0.2) is 9.78 Å². The molecule has 146 valence electrons. The van der Waals surface area contributed by atoms with Crippen molar-refractivity contribution in [1.82, 2.24) is 19.9 Å². The molecule has 0 radical (unpaired) electrons. The van der Waals surface area contributed by atoms with Crippen molar-refractivity contribution in [1.29, 1.82) is 0 Å². The Labute approximate surface area is 166 Å². The Kier molecular flexibility index (Phi) is 4.72. The molecule has 4 rings (SSSR count). The molecule has 0 fully saturated rings. The number of carbonyl (C=O) groups excluding carboxylic acids is 1. The average Bonchev–Trinajstić information content (AvgIpc) is 2.73. The van der Waals surface area contributed by atoms with Crippen molar-refractivity contribution in [3.63, 3.8) is 0 Å². The summed E-state index contributed by atoms with van der Waals surface area (Å²) in [6.45, 7) is 4.06. The summed E-state index contributed by atoms with van der Waals surface area (Å²) in [5.74, 6) is -0.339. The molecule has 4 aromatic rings. The van der Waals surface area contributed by atoms with Gasteiger partial charge in [0, 0.05) is 12.7 Å². The Morgan fingerprint density at radius 2 is 1.90 bits per heavy atom. The average molecular weight is 388 g/mol. The van der Waals surface area contributed by atoms with Gasteiger partial charge in [0.15, 0.2) is 0 Å². The smallest absolute Gasteiger partial charge is 0.329 e. The van der Waals surface area contributed by atoms with Gasteiger partial charge >= 0.3 is 5.69 Å². The summed E-state index contributed by atoms with van der Waals surface area (Å²) in [5.41, 5.74) is 0.456. The van der Waals surface area contributed by atoms with E-state index in [0.717, 1.165) is 16.3 Å². The SMILES string of the molecule is CCn1c(=O)[nH]c(=O)c2cc(C(=O)N[C@@H](C)c3cccc4ccccc34)cnc21. The first kappa shape index (κ1) is 18.6. The number of fused-ring (bicyclic) bond motifs is 2. The molecule has 2 aromatic heterocycles. The highest BCUT2D eigenvalue weighted by molar-refractivity contribution is 5.97. The molecule has 0 saturated carbocycles. The molecular formula is C22H20N4O3. The first-order valence-electron chi connectivity index (χ1n) is 9.41. The van der Waals surface area contributed by atoms with E-state index in [0.29, 0.717) is 6.54 Å². The van der Waals surface area contributed by atoms with Gasteiger partial charge in [-0.2, -0.15) is 0 Å². The summed E-state index contributed by atoms with van der Waals surface area (Å²) < 4.78 is 1.36. The summed E-state index contributed by atoms with van der Waals surface area (Å²) in [7, 11) is 0. The summed E-state index contributed by atoms with van der Waals surface area (Å²) in [4.78, 5) is 43.4. The fraction of sp³-hybridized carbons (Fsp3) is 0.182. The van der Waals surface area contributed by atoms with E-state index < -0.39 is 11.2 Å². The number of rotatable bonds is 4. The lowest BCUT2D eigenvalue weighted by molar-refractivity contribution is 0.0940. The van der Waals surface area contributed by atoms with Crippen LogP contribution in [0.1, 0.15) is 35.8 Å². The number of hydrogen-bond donors (Lipinski definition) is 2. The Hall–Kier alpha value is -3.74. The number of aromatic amines is 1. The third kappa shape index (κ3) is 3.31. The van der Waals surface area contributed by atoms with Gasteiger partial charge in [-0.15, -0.1) is 0 Å². The Morgan fingerprint density at radius 3 is 2.69 bits per heavy atom. The molecule has 2 aromatic carbocycles. The lowest BCUT2D eigenvalue weighted by Crippen LogP contribution is -2.31. The van der Waals surface area contributed by atoms with Crippen LogP contribution in [0, 0.1) is 0 Å². The Bertz CT molecular complexity index is 1350. The first-order chi connectivity index (χ1) is 14.0. The zero-order chi connectivity index (χ0) is 20.5. The van der Waals surface area contributed by atoms with Crippen LogP contribution in [0.25, 0.3) is 21.8 Å². The number of nitrogens with zero attached hydrogens (tertiary/aromatic N) is 2. The van der Waals surface area contributed by atoms with E-state index in [-0.39, 0.29) is 28.5 Å². The molecule has 29 heavy (non-hydrogen) atoms. The first-order valence-corrected chi connectivity index (χ1v) is 9.41. The van der Waals surface area contributed by atoms with Crippen molar-refractivity contribution in [2.45, 2.75) is 26.4 Å². The van der Waals surface area contributed by atoms with E-state index in [1.165, 1.54) is 16.8 Å². The van der Waals surface area contributed by atoms with E-state index in [4.69, 9.17) is 0 Å². The molecule has 0 unspecified atom stereocenters. The number of carbonyl (C=O) groups is 1. The van der Waals surface area contributed by atoms with Crippen LogP contribution in [-0.4, -0.2) is 20.4 Å². The van der Waals surface area contributed by atoms with Crippen LogP contribution in [0.3, 0.4) is 0 Å². The van der Waals surface area contributed by atoms with Crippen LogP contribution < -0.4 is 16.6 Å². The third-order valence-electron chi connectivity index (χ3n) is 5.05. The highest BCUT2D eigenvalue weighted by atomic mass is 16.2. The van der Waals surface area contributed by atoms with Gasteiger partial charge in [0.1, 0.15) is 5.65 Å². The molecule has 0 bridgehead atoms. The minimum Gasteiger partial charge on any atom is -0.345 e. The fourth-order valence-corrected chi connectivity index (χ4v) is 3.57. The van der Waals surface area contributed by atoms with E-state index in [1.807, 2.05) is 49.4 Å². The molecular weight excluding hydrogens is 368 g/mol. The topological polar surface area (TPSA) is 96.9 Å². The predicted octanol–water partition coefficient (Wildman–Crippen LogP) is 2.75. The van der Waals surface area contributed by atoms with Gasteiger partial charge in [-0.3, -0.25) is 19.1 Å². The van der Waals surface area contributed by atoms with Gasteiger partial charge < -0.3 is 5.32 Å². The van der Waals surface area contributed by atoms with E-state index in [1.54, 1.807) is 6.92 Å². The minimum absolute atomic E-state index is 0.205. The molecule has 7 heteroatoms. The maximum Gasteiger partial charge on any atom is 0.329 e. The number of benzene rings is 2. The molecule has 0 aliphatic heterocycles. The van der Waals surface area contributed by atoms with Gasteiger partial charge in [-0.05, 0) is 36.2 Å². The quantitative estimate of drug-likeness (QED) is 0.562. The second kappa shape index (κ2) is 7.35. The molecule has 7 nitrogen and oxygen atoms in total. The lowest BCUT2D eigenvalue weighted by Gasteiger charge is -2.17. The van der Waals surface area contributed by atoms with Gasteiger partial charge in [0.2, 0.25) is 0 Å². The van der Waals surface area contributed by atoms with Gasteiger partial charge in [-0.1, -0.05) is 42.5 Å². The molecule has 2 heterocycles. The molecule has 1 amide bonds. The highest BCUT2D eigenvalue weighted by Gasteiger charge is 2.16. The predicted molar refractivity (Wildman–Crippen MR) is 112 cm³/mol. The normalized spacial score (nSPS) is 12.2. The second-order valence-electron chi connectivity index (χ2n) is 6.86. The van der Waals surface area contributed by atoms with Crippen LogP contribution in [0.2, 0.25) is 0 Å². The van der Waals surface area contributed by atoms with Gasteiger partial charge in [0.25, 0.3) is 11.5 Å². The summed E-state index contributed by atoms with van der Waals surface area (Å²) in [6, 6.07) is 15.2. The van der Waals surface area contributed by atoms with Gasteiger partial charge in [0.05, 0.1) is 17.0 Å². The molecule has 0 aliphatic carbocycles. The van der Waals surface area contributed by atoms with Crippen LogP contribution in [-0.2, 0) is 6.54 Å². The van der Waals surface area contributed by atoms with Crippen LogP contribution in [0.15, 0.2) is 64.3 Å². The van der Waals surface area contributed by atoms with Crippen molar-refractivity contribution in [2.24, 2.45) is 0 Å². The zero-order valence-corrected chi connectivity index (χ0v) is 16.1. The van der Waals surface area contributed by atoms with E-state index >= 15 is 0 Å². The molecule has 0 spiro atoms. The number of amides is 1. The molecule has 0 aliphatic rings. The molecule has 1 atom stereocenters. The summed E-state index contributed by atoms with van der Waals surface area (Å²) >= 11 is 0. The van der Waals surface area contributed by atoms with Crippen LogP contribution in [0.4, 0.5) is 0 Å². The second-order valence-corrected chi connectivity index (χ2v) is 6.86. The zero-order valence-electron chi connectivity index (χ0n) is 16.1. The highest BCUT2D eigenvalue weighted by Crippen LogP contribution is 2.24. The number of aromatic nitrogens is 3. The fourth-order valence-electron chi connectivity index (χ4n) is 3.57. The van der Waals surface area contributed by atoms with Crippen molar-refractivity contribution in [3.05, 3.63) is 86.7 Å². The standard InChI is InChI=1S/C22H20N4O3/c1-3-26-19-18(21(28)25-22(26)29)11-15(12-23-19)20(27)24-13(2)16-10-6-8-14-7-4-5-9-17(14)16/h4-13H,3H2,1-2H3,(H,24,27)(H,25,28,29)/t13-/m0/s1. The van der Waals surface area contributed by atoms with Crippen molar-refractivity contribution >= 4 is 27.7 Å². The summed E-state index contributed by atoms with van der Waals surface area (Å²) in [5, 5.41) is 5.35. The number of pyridine rings is 1. The number of aryl methyl sites for hydroxylation is 1. The number of nitrogens with one attached hydrogen (secondary N) is 2. The van der Waals surface area contributed by atoms with E-state index in [9.17, 15) is 14.4 Å². The summed E-state index contributed by atoms with van der Waals surface area (Å²) in [6.07, 6.45) is 1.39. The van der Waals surface area contributed by atoms with E-state index in [2.05, 4.69) is 15.3 Å². The number of H-pyrrole nitrogens is 1. The minimum atomic E-state index is -0.557. The monoisotopic (exact) mass is 388 g/mol. The van der Waals surface area contributed by atoms with Crippen LogP contribution in [0.5, 0.6) is 0 Å². The maximum absolute atomic E-state index is 12.8. The third-order valence-corrected chi connectivity index (χ3v) is 5.05. The maximum atomic E-state index is 12.8. The Balaban J connectivity index is 1.69. The molecule has 2 N–H and O–H groups in total. The van der Waals surface area contributed by atoms with Crippen molar-refractivity contribution in [2.75, 3.05) is 0 Å². The molecule has 0 saturated heterocycles. The lowest BCUT2D eigenvalue weighted by atomic mass is 9.99. The largest absolute Gasteiger partial charge is 0.345 e. The van der Waals surface area contributed by atoms with Crippen molar-refractivity contribution < 1.29 is 4.79 Å².